The van der Waals surface area contributed by atoms with Crippen molar-refractivity contribution in [2.45, 2.75) is 6.92 Å². The second-order valence-electron chi connectivity index (χ2n) is 4.34. The molecule has 0 unspecified atom stereocenters. The minimum absolute atomic E-state index is 0.690. The van der Waals surface area contributed by atoms with E-state index in [-0.39, 0.29) is 0 Å². The molecule has 0 aliphatic heterocycles. The third kappa shape index (κ3) is 2.11. The molecule has 0 aliphatic rings. The molecule has 0 amide bonds. The SMILES string of the molecule is Cc1nc2cc(N)ccc2n1-c1cc(Cl)ccc1Br. The molecule has 5 heteroatoms. The molecule has 0 bridgehead atoms. The van der Waals surface area contributed by atoms with E-state index in [1.54, 1.807) is 0 Å². The number of halogens is 2. The average Bonchev–Trinajstić information content (AvgIpc) is 2.67. The van der Waals surface area contributed by atoms with Gasteiger partial charge in [0.05, 0.1) is 16.7 Å². The van der Waals surface area contributed by atoms with Crippen LogP contribution in [0.15, 0.2) is 40.9 Å². The summed E-state index contributed by atoms with van der Waals surface area (Å²) in [5.74, 6) is 0.892. The molecule has 0 spiro atoms. The number of anilines is 1. The predicted molar refractivity (Wildman–Crippen MR) is 82.9 cm³/mol. The Morgan fingerprint density at radius 1 is 1.21 bits per heavy atom. The highest BCUT2D eigenvalue weighted by Crippen LogP contribution is 2.29. The van der Waals surface area contributed by atoms with Crippen LogP contribution >= 0.6 is 27.5 Å². The monoisotopic (exact) mass is 335 g/mol. The second-order valence-corrected chi connectivity index (χ2v) is 5.63. The first kappa shape index (κ1) is 12.5. The molecule has 3 aromatic rings. The first-order chi connectivity index (χ1) is 9.06. The van der Waals surface area contributed by atoms with Crippen molar-refractivity contribution in [3.8, 4) is 5.69 Å². The Labute approximate surface area is 124 Å². The van der Waals surface area contributed by atoms with E-state index >= 15 is 0 Å². The van der Waals surface area contributed by atoms with Crippen molar-refractivity contribution in [2.75, 3.05) is 5.73 Å². The maximum Gasteiger partial charge on any atom is 0.111 e. The molecule has 0 radical (unpaired) electrons. The number of nitrogens with two attached hydrogens (primary N) is 1. The summed E-state index contributed by atoms with van der Waals surface area (Å²) in [6.45, 7) is 1.96. The van der Waals surface area contributed by atoms with Crippen LogP contribution in [0.3, 0.4) is 0 Å². The number of hydrogen-bond donors (Lipinski definition) is 1. The van der Waals surface area contributed by atoms with Crippen LogP contribution in [-0.4, -0.2) is 9.55 Å². The van der Waals surface area contributed by atoms with Gasteiger partial charge in [0.25, 0.3) is 0 Å². The zero-order chi connectivity index (χ0) is 13.6. The third-order valence-corrected chi connectivity index (χ3v) is 3.90. The van der Waals surface area contributed by atoms with Gasteiger partial charge in [-0.25, -0.2) is 4.98 Å². The smallest absolute Gasteiger partial charge is 0.111 e. The molecule has 2 N–H and O–H groups in total. The molecule has 2 aromatic carbocycles. The minimum Gasteiger partial charge on any atom is -0.399 e. The van der Waals surface area contributed by atoms with Crippen molar-refractivity contribution in [2.24, 2.45) is 0 Å². The number of rotatable bonds is 1. The fourth-order valence-electron chi connectivity index (χ4n) is 2.18. The lowest BCUT2D eigenvalue weighted by atomic mass is 10.2. The summed E-state index contributed by atoms with van der Waals surface area (Å²) >= 11 is 9.64. The summed E-state index contributed by atoms with van der Waals surface area (Å²) in [5, 5.41) is 0.690. The number of nitrogens with zero attached hydrogens (tertiary/aromatic N) is 2. The molecule has 1 heterocycles. The third-order valence-electron chi connectivity index (χ3n) is 3.00. The van der Waals surface area contributed by atoms with Crippen molar-refractivity contribution >= 4 is 44.3 Å². The number of fused-ring (bicyclic) bond motifs is 1. The quantitative estimate of drug-likeness (QED) is 0.672. The summed E-state index contributed by atoms with van der Waals surface area (Å²) < 4.78 is 3.03. The number of aryl methyl sites for hydroxylation is 1. The van der Waals surface area contributed by atoms with Crippen molar-refractivity contribution in [1.82, 2.24) is 9.55 Å². The molecule has 3 nitrogen and oxygen atoms in total. The van der Waals surface area contributed by atoms with E-state index in [1.807, 2.05) is 43.3 Å². The van der Waals surface area contributed by atoms with Crippen LogP contribution in [0.1, 0.15) is 5.82 Å². The molecule has 0 saturated carbocycles. The van der Waals surface area contributed by atoms with Gasteiger partial charge in [-0.05, 0) is 59.3 Å². The number of imidazole rings is 1. The van der Waals surface area contributed by atoms with Gasteiger partial charge in [-0.15, -0.1) is 0 Å². The molecule has 3 rings (SSSR count). The minimum atomic E-state index is 0.690. The second kappa shape index (κ2) is 4.54. The summed E-state index contributed by atoms with van der Waals surface area (Å²) in [4.78, 5) is 4.54. The van der Waals surface area contributed by atoms with E-state index in [0.29, 0.717) is 10.7 Å². The maximum absolute atomic E-state index is 6.09. The van der Waals surface area contributed by atoms with Crippen LogP contribution in [-0.2, 0) is 0 Å². The normalized spacial score (nSPS) is 11.1. The zero-order valence-corrected chi connectivity index (χ0v) is 12.5. The molecular weight excluding hydrogens is 326 g/mol. The zero-order valence-electron chi connectivity index (χ0n) is 10.2. The molecular formula is C14H11BrClN3. The van der Waals surface area contributed by atoms with Gasteiger partial charge in [0.15, 0.2) is 0 Å². The maximum atomic E-state index is 6.09. The van der Waals surface area contributed by atoms with E-state index in [9.17, 15) is 0 Å². The largest absolute Gasteiger partial charge is 0.399 e. The highest BCUT2D eigenvalue weighted by atomic mass is 79.9. The molecule has 0 saturated heterocycles. The van der Waals surface area contributed by atoms with Gasteiger partial charge >= 0.3 is 0 Å². The van der Waals surface area contributed by atoms with Gasteiger partial charge in [0.1, 0.15) is 5.82 Å². The number of aromatic nitrogens is 2. The predicted octanol–water partition coefficient (Wildman–Crippen LogP) is 4.33. The van der Waals surface area contributed by atoms with Gasteiger partial charge < -0.3 is 5.73 Å². The summed E-state index contributed by atoms with van der Waals surface area (Å²) in [5.41, 5.74) is 9.36. The van der Waals surface area contributed by atoms with E-state index in [0.717, 1.165) is 27.0 Å². The van der Waals surface area contributed by atoms with E-state index in [1.165, 1.54) is 0 Å². The van der Waals surface area contributed by atoms with Crippen molar-refractivity contribution in [1.29, 1.82) is 0 Å². The summed E-state index contributed by atoms with van der Waals surface area (Å²) in [7, 11) is 0. The average molecular weight is 337 g/mol. The van der Waals surface area contributed by atoms with Gasteiger partial charge in [-0.1, -0.05) is 11.6 Å². The van der Waals surface area contributed by atoms with Crippen LogP contribution in [0.2, 0.25) is 5.02 Å². The fraction of sp³-hybridized carbons (Fsp3) is 0.0714. The van der Waals surface area contributed by atoms with Crippen molar-refractivity contribution < 1.29 is 0 Å². The van der Waals surface area contributed by atoms with Gasteiger partial charge in [0.2, 0.25) is 0 Å². The Bertz CT molecular complexity index is 780. The van der Waals surface area contributed by atoms with E-state index < -0.39 is 0 Å². The lowest BCUT2D eigenvalue weighted by Crippen LogP contribution is -1.98. The number of hydrogen-bond acceptors (Lipinski definition) is 2. The highest BCUT2D eigenvalue weighted by molar-refractivity contribution is 9.10. The standard InChI is InChI=1S/C14H11BrClN3/c1-8-18-12-7-10(17)3-5-13(12)19(8)14-6-9(16)2-4-11(14)15/h2-7H,17H2,1H3. The van der Waals surface area contributed by atoms with Crippen LogP contribution in [0.25, 0.3) is 16.7 Å². The first-order valence-electron chi connectivity index (χ1n) is 5.76. The molecule has 0 atom stereocenters. The van der Waals surface area contributed by atoms with E-state index in [2.05, 4.69) is 25.5 Å². The summed E-state index contributed by atoms with van der Waals surface area (Å²) in [6, 6.07) is 11.4. The first-order valence-corrected chi connectivity index (χ1v) is 6.93. The highest BCUT2D eigenvalue weighted by Gasteiger charge is 2.12. The Hall–Kier alpha value is -1.52. The molecule has 0 fully saturated rings. The van der Waals surface area contributed by atoms with E-state index in [4.69, 9.17) is 17.3 Å². The Kier molecular flexibility index (Phi) is 2.99. The number of nitrogen functional groups attached to an aromatic ring is 1. The lowest BCUT2D eigenvalue weighted by molar-refractivity contribution is 0.996. The Morgan fingerprint density at radius 3 is 2.79 bits per heavy atom. The molecule has 96 valence electrons. The van der Waals surface area contributed by atoms with Crippen LogP contribution in [0.4, 0.5) is 5.69 Å². The lowest BCUT2D eigenvalue weighted by Gasteiger charge is -2.10. The Morgan fingerprint density at radius 2 is 2.00 bits per heavy atom. The topological polar surface area (TPSA) is 43.8 Å². The van der Waals surface area contributed by atoms with Crippen LogP contribution < -0.4 is 5.73 Å². The van der Waals surface area contributed by atoms with Gasteiger partial charge in [-0.3, -0.25) is 4.57 Å². The fourth-order valence-corrected chi connectivity index (χ4v) is 2.77. The van der Waals surface area contributed by atoms with Crippen molar-refractivity contribution in [3.63, 3.8) is 0 Å². The summed E-state index contributed by atoms with van der Waals surface area (Å²) in [6.07, 6.45) is 0. The molecule has 1 aromatic heterocycles. The number of benzene rings is 2. The van der Waals surface area contributed by atoms with Crippen molar-refractivity contribution in [3.05, 3.63) is 51.7 Å². The van der Waals surface area contributed by atoms with Gasteiger partial charge in [0, 0.05) is 15.2 Å². The molecule has 0 aliphatic carbocycles. The van der Waals surface area contributed by atoms with Crippen LogP contribution in [0, 0.1) is 6.92 Å². The molecule has 19 heavy (non-hydrogen) atoms. The van der Waals surface area contributed by atoms with Gasteiger partial charge in [-0.2, -0.15) is 0 Å². The van der Waals surface area contributed by atoms with Crippen LogP contribution in [0.5, 0.6) is 0 Å². The Balaban J connectivity index is 2.36.